The molecule has 0 atom stereocenters. The lowest BCUT2D eigenvalue weighted by molar-refractivity contribution is -0.122. The number of phenolic OH excluding ortho intramolecular Hbond substituents is 1. The number of carbonyl (C=O) groups is 1. The Morgan fingerprint density at radius 2 is 1.97 bits per heavy atom. The van der Waals surface area contributed by atoms with Crippen molar-refractivity contribution in [3.63, 3.8) is 0 Å². The molecule has 1 aliphatic heterocycles. The van der Waals surface area contributed by atoms with Gasteiger partial charge in [-0.1, -0.05) is 23.7 Å². The molecule has 1 N–H and O–H groups in total. The van der Waals surface area contributed by atoms with Crippen LogP contribution in [-0.2, 0) is 11.3 Å². The van der Waals surface area contributed by atoms with E-state index in [-0.39, 0.29) is 18.2 Å². The minimum absolute atomic E-state index is 0.0349. The SMILES string of the molecule is CN(C)c1ccc(/C=C2\S/C(=N\N=C\c3cc(Cl)ccc3O)N(Cc3ccco3)C2=O)cc1. The molecule has 0 unspecified atom stereocenters. The normalized spacial score (nSPS) is 16.5. The van der Waals surface area contributed by atoms with Gasteiger partial charge in [0.1, 0.15) is 11.5 Å². The van der Waals surface area contributed by atoms with E-state index in [1.54, 1.807) is 30.5 Å². The van der Waals surface area contributed by atoms with E-state index in [4.69, 9.17) is 16.0 Å². The summed E-state index contributed by atoms with van der Waals surface area (Å²) in [6, 6.07) is 16.1. The number of nitrogens with zero attached hydrogens (tertiary/aromatic N) is 4. The molecular weight excluding hydrogens is 460 g/mol. The molecule has 0 bridgehead atoms. The maximum Gasteiger partial charge on any atom is 0.267 e. The van der Waals surface area contributed by atoms with Crippen molar-refractivity contribution in [2.45, 2.75) is 6.54 Å². The largest absolute Gasteiger partial charge is 0.507 e. The van der Waals surface area contributed by atoms with Gasteiger partial charge in [0.05, 0.1) is 23.9 Å². The van der Waals surface area contributed by atoms with Crippen molar-refractivity contribution >= 4 is 52.4 Å². The number of hydrogen-bond acceptors (Lipinski definition) is 7. The lowest BCUT2D eigenvalue weighted by Gasteiger charge is -2.12. The predicted octanol–water partition coefficient (Wildman–Crippen LogP) is 5.21. The highest BCUT2D eigenvalue weighted by atomic mass is 35.5. The van der Waals surface area contributed by atoms with Crippen molar-refractivity contribution in [2.75, 3.05) is 19.0 Å². The number of amides is 1. The average Bonchev–Trinajstić information content (AvgIpc) is 3.41. The van der Waals surface area contributed by atoms with Gasteiger partial charge in [0.15, 0.2) is 5.17 Å². The van der Waals surface area contributed by atoms with Crippen molar-refractivity contribution < 1.29 is 14.3 Å². The summed E-state index contributed by atoms with van der Waals surface area (Å²) in [5, 5.41) is 19.2. The molecule has 1 fully saturated rings. The summed E-state index contributed by atoms with van der Waals surface area (Å²) in [4.78, 5) is 17.2. The Kier molecular flexibility index (Phi) is 6.86. The summed E-state index contributed by atoms with van der Waals surface area (Å²) in [6.07, 6.45) is 4.78. The van der Waals surface area contributed by atoms with Crippen molar-refractivity contribution in [1.82, 2.24) is 4.90 Å². The maximum atomic E-state index is 13.2. The molecule has 0 spiro atoms. The zero-order chi connectivity index (χ0) is 23.4. The molecule has 7 nitrogen and oxygen atoms in total. The standard InChI is InChI=1S/C24H21ClN4O3S/c1-28(2)19-8-5-16(6-9-19)12-22-23(31)29(15-20-4-3-11-32-20)24(33-22)27-26-14-17-13-18(25)7-10-21(17)30/h3-14,30H,15H2,1-2H3/b22-12-,26-14+,27-24-. The molecule has 9 heteroatoms. The van der Waals surface area contributed by atoms with Gasteiger partial charge in [0.2, 0.25) is 0 Å². The van der Waals surface area contributed by atoms with E-state index in [2.05, 4.69) is 10.2 Å². The smallest absolute Gasteiger partial charge is 0.267 e. The Morgan fingerprint density at radius 3 is 2.67 bits per heavy atom. The Balaban J connectivity index is 1.62. The Labute approximate surface area is 200 Å². The molecule has 0 radical (unpaired) electrons. The van der Waals surface area contributed by atoms with E-state index < -0.39 is 0 Å². The number of phenols is 1. The van der Waals surface area contributed by atoms with Crippen LogP contribution in [0.2, 0.25) is 5.02 Å². The average molecular weight is 481 g/mol. The van der Waals surface area contributed by atoms with Crippen LogP contribution < -0.4 is 4.90 Å². The summed E-state index contributed by atoms with van der Waals surface area (Å²) in [5.74, 6) is 0.477. The van der Waals surface area contributed by atoms with Gasteiger partial charge in [-0.05, 0) is 65.9 Å². The molecule has 2 aromatic carbocycles. The molecule has 168 valence electrons. The van der Waals surface area contributed by atoms with Crippen LogP contribution in [-0.4, -0.2) is 41.4 Å². The van der Waals surface area contributed by atoms with E-state index in [0.717, 1.165) is 11.3 Å². The van der Waals surface area contributed by atoms with Crippen molar-refractivity contribution in [3.8, 4) is 5.75 Å². The second-order valence-corrected chi connectivity index (χ2v) is 8.84. The quantitative estimate of drug-likeness (QED) is 0.297. The first-order valence-electron chi connectivity index (χ1n) is 10.0. The highest BCUT2D eigenvalue weighted by Crippen LogP contribution is 2.34. The fraction of sp³-hybridized carbons (Fsp3) is 0.125. The molecule has 2 heterocycles. The predicted molar refractivity (Wildman–Crippen MR) is 134 cm³/mol. The van der Waals surface area contributed by atoms with Gasteiger partial charge in [-0.25, -0.2) is 0 Å². The van der Waals surface area contributed by atoms with Crippen LogP contribution in [0.1, 0.15) is 16.9 Å². The van der Waals surface area contributed by atoms with Crippen LogP contribution in [0.15, 0.2) is 80.4 Å². The number of thioether (sulfide) groups is 1. The molecule has 0 saturated carbocycles. The van der Waals surface area contributed by atoms with Gasteiger partial charge in [0.25, 0.3) is 5.91 Å². The van der Waals surface area contributed by atoms with Gasteiger partial charge in [-0.3, -0.25) is 9.69 Å². The number of halogens is 1. The van der Waals surface area contributed by atoms with E-state index in [9.17, 15) is 9.90 Å². The zero-order valence-electron chi connectivity index (χ0n) is 18.0. The first kappa shape index (κ1) is 22.7. The minimum atomic E-state index is -0.187. The van der Waals surface area contributed by atoms with Gasteiger partial charge < -0.3 is 14.4 Å². The van der Waals surface area contributed by atoms with Crippen LogP contribution in [0, 0.1) is 0 Å². The second kappa shape index (κ2) is 9.97. The van der Waals surface area contributed by atoms with Gasteiger partial charge >= 0.3 is 0 Å². The number of benzene rings is 2. The van der Waals surface area contributed by atoms with E-state index in [1.165, 1.54) is 28.9 Å². The van der Waals surface area contributed by atoms with Crippen molar-refractivity contribution in [3.05, 3.63) is 87.7 Å². The number of aromatic hydroxyl groups is 1. The number of amidine groups is 1. The fourth-order valence-corrected chi connectivity index (χ4v) is 4.19. The lowest BCUT2D eigenvalue weighted by atomic mass is 10.2. The van der Waals surface area contributed by atoms with E-state index in [0.29, 0.717) is 26.4 Å². The number of carbonyl (C=O) groups excluding carboxylic acids is 1. The molecule has 1 aliphatic rings. The topological polar surface area (TPSA) is 81.6 Å². The highest BCUT2D eigenvalue weighted by molar-refractivity contribution is 8.18. The summed E-state index contributed by atoms with van der Waals surface area (Å²) in [6.45, 7) is 0.229. The second-order valence-electron chi connectivity index (χ2n) is 7.40. The van der Waals surface area contributed by atoms with Gasteiger partial charge in [-0.2, -0.15) is 5.10 Å². The van der Waals surface area contributed by atoms with Gasteiger partial charge in [-0.15, -0.1) is 5.10 Å². The van der Waals surface area contributed by atoms with Crippen LogP contribution in [0.25, 0.3) is 6.08 Å². The molecule has 33 heavy (non-hydrogen) atoms. The molecule has 1 saturated heterocycles. The van der Waals surface area contributed by atoms with Crippen LogP contribution in [0.4, 0.5) is 5.69 Å². The fourth-order valence-electron chi connectivity index (χ4n) is 3.07. The molecule has 0 aliphatic carbocycles. The summed E-state index contributed by atoms with van der Waals surface area (Å²) in [5.41, 5.74) is 2.40. The molecular formula is C24H21ClN4O3S. The Morgan fingerprint density at radius 1 is 1.18 bits per heavy atom. The zero-order valence-corrected chi connectivity index (χ0v) is 19.5. The monoisotopic (exact) mass is 480 g/mol. The third kappa shape index (κ3) is 5.47. The third-order valence-corrected chi connectivity index (χ3v) is 6.05. The first-order valence-corrected chi connectivity index (χ1v) is 11.2. The Bertz CT molecular complexity index is 1240. The summed E-state index contributed by atoms with van der Waals surface area (Å²) >= 11 is 7.21. The highest BCUT2D eigenvalue weighted by Gasteiger charge is 2.34. The minimum Gasteiger partial charge on any atom is -0.507 e. The van der Waals surface area contributed by atoms with Crippen molar-refractivity contribution in [1.29, 1.82) is 0 Å². The molecule has 1 amide bonds. The number of hydrogen-bond donors (Lipinski definition) is 1. The third-order valence-electron chi connectivity index (χ3n) is 4.82. The Hall–Kier alpha value is -3.49. The molecule has 1 aromatic heterocycles. The first-order chi connectivity index (χ1) is 15.9. The molecule has 4 rings (SSSR count). The van der Waals surface area contributed by atoms with Crippen LogP contribution in [0.3, 0.4) is 0 Å². The number of furan rings is 1. The number of rotatable bonds is 6. The van der Waals surface area contributed by atoms with Crippen LogP contribution in [0.5, 0.6) is 5.75 Å². The number of anilines is 1. The van der Waals surface area contributed by atoms with E-state index in [1.807, 2.05) is 49.3 Å². The lowest BCUT2D eigenvalue weighted by Crippen LogP contribution is -2.28. The van der Waals surface area contributed by atoms with Crippen LogP contribution >= 0.6 is 23.4 Å². The summed E-state index contributed by atoms with van der Waals surface area (Å²) < 4.78 is 5.42. The van der Waals surface area contributed by atoms with Crippen molar-refractivity contribution in [2.24, 2.45) is 10.2 Å². The maximum absolute atomic E-state index is 13.2. The van der Waals surface area contributed by atoms with E-state index >= 15 is 0 Å². The molecule has 3 aromatic rings. The van der Waals surface area contributed by atoms with Gasteiger partial charge in [0, 0.05) is 30.4 Å². The summed E-state index contributed by atoms with van der Waals surface area (Å²) in [7, 11) is 3.95.